The summed E-state index contributed by atoms with van der Waals surface area (Å²) in [5.41, 5.74) is 5.28. The molecule has 0 spiro atoms. The Morgan fingerprint density at radius 1 is 1.46 bits per heavy atom. The van der Waals surface area contributed by atoms with Crippen LogP contribution in [-0.2, 0) is 10.0 Å². The second kappa shape index (κ2) is 4.88. The standard InChI is InChI=1S/C7H16N2O2S2/c1-5(2)4-13(10,11)9-6(3)7(8)12/h5-6,9H,4H2,1-3H3,(H2,8,12). The Hall–Kier alpha value is -0.200. The molecule has 0 heterocycles. The first-order chi connectivity index (χ1) is 5.74. The van der Waals surface area contributed by atoms with Crippen LogP contribution in [0.2, 0.25) is 0 Å². The summed E-state index contributed by atoms with van der Waals surface area (Å²) >= 11 is 4.65. The molecule has 1 unspecified atom stereocenters. The van der Waals surface area contributed by atoms with Gasteiger partial charge in [-0.3, -0.25) is 0 Å². The summed E-state index contributed by atoms with van der Waals surface area (Å²) in [5, 5.41) is 0. The van der Waals surface area contributed by atoms with Crippen LogP contribution in [-0.4, -0.2) is 25.2 Å². The zero-order valence-electron chi connectivity index (χ0n) is 8.07. The zero-order chi connectivity index (χ0) is 10.6. The number of sulfonamides is 1. The molecule has 0 aromatic rings. The molecule has 0 rings (SSSR count). The van der Waals surface area contributed by atoms with Crippen LogP contribution >= 0.6 is 12.2 Å². The predicted molar refractivity (Wildman–Crippen MR) is 58.0 cm³/mol. The van der Waals surface area contributed by atoms with Gasteiger partial charge in [-0.2, -0.15) is 0 Å². The molecule has 6 heteroatoms. The normalized spacial score (nSPS) is 14.5. The van der Waals surface area contributed by atoms with Crippen LogP contribution in [0.25, 0.3) is 0 Å². The van der Waals surface area contributed by atoms with Gasteiger partial charge in [0.05, 0.1) is 16.8 Å². The summed E-state index contributed by atoms with van der Waals surface area (Å²) in [4.78, 5) is 0.160. The van der Waals surface area contributed by atoms with Crippen molar-refractivity contribution >= 4 is 27.2 Å². The van der Waals surface area contributed by atoms with E-state index in [0.29, 0.717) is 0 Å². The highest BCUT2D eigenvalue weighted by Gasteiger charge is 2.17. The van der Waals surface area contributed by atoms with E-state index in [1.54, 1.807) is 6.92 Å². The molecule has 0 fully saturated rings. The van der Waals surface area contributed by atoms with Gasteiger partial charge in [-0.1, -0.05) is 26.1 Å². The monoisotopic (exact) mass is 224 g/mol. The lowest BCUT2D eigenvalue weighted by atomic mass is 10.3. The van der Waals surface area contributed by atoms with E-state index in [9.17, 15) is 8.42 Å². The quantitative estimate of drug-likeness (QED) is 0.656. The average Bonchev–Trinajstić information content (AvgIpc) is 1.81. The number of nitrogens with two attached hydrogens (primary N) is 1. The first kappa shape index (κ1) is 12.8. The topological polar surface area (TPSA) is 72.2 Å². The second-order valence-corrected chi connectivity index (χ2v) is 5.69. The van der Waals surface area contributed by atoms with Crippen molar-refractivity contribution in [2.24, 2.45) is 11.7 Å². The maximum atomic E-state index is 11.3. The zero-order valence-corrected chi connectivity index (χ0v) is 9.71. The summed E-state index contributed by atoms with van der Waals surface area (Å²) in [6.45, 7) is 5.30. The van der Waals surface area contributed by atoms with Gasteiger partial charge in [-0.15, -0.1) is 0 Å². The second-order valence-electron chi connectivity index (χ2n) is 3.42. The molecule has 0 bridgehead atoms. The van der Waals surface area contributed by atoms with Crippen molar-refractivity contribution in [1.82, 2.24) is 4.72 Å². The van der Waals surface area contributed by atoms with E-state index in [1.807, 2.05) is 13.8 Å². The maximum Gasteiger partial charge on any atom is 0.212 e. The SMILES string of the molecule is CC(C)CS(=O)(=O)NC(C)C(N)=S. The molecule has 0 amide bonds. The van der Waals surface area contributed by atoms with Crippen LogP contribution in [0.5, 0.6) is 0 Å². The largest absolute Gasteiger partial charge is 0.392 e. The third kappa shape index (κ3) is 5.95. The molecule has 0 saturated carbocycles. The Kier molecular flexibility index (Phi) is 4.80. The Balaban J connectivity index is 4.27. The molecular weight excluding hydrogens is 208 g/mol. The van der Waals surface area contributed by atoms with Gasteiger partial charge in [-0.05, 0) is 12.8 Å². The molecule has 0 aromatic heterocycles. The van der Waals surface area contributed by atoms with Gasteiger partial charge in [0.1, 0.15) is 0 Å². The first-order valence-corrected chi connectivity index (χ1v) is 6.10. The fourth-order valence-electron chi connectivity index (χ4n) is 0.814. The fourth-order valence-corrected chi connectivity index (χ4v) is 2.59. The molecule has 0 saturated heterocycles. The van der Waals surface area contributed by atoms with Gasteiger partial charge in [-0.25, -0.2) is 13.1 Å². The number of hydrogen-bond acceptors (Lipinski definition) is 3. The molecular formula is C7H16N2O2S2. The van der Waals surface area contributed by atoms with Crippen molar-refractivity contribution in [1.29, 1.82) is 0 Å². The van der Waals surface area contributed by atoms with E-state index in [4.69, 9.17) is 5.73 Å². The molecule has 13 heavy (non-hydrogen) atoms. The minimum Gasteiger partial charge on any atom is -0.392 e. The predicted octanol–water partition coefficient (Wildman–Crippen LogP) is 0.236. The number of rotatable bonds is 5. The van der Waals surface area contributed by atoms with E-state index in [0.717, 1.165) is 0 Å². The summed E-state index contributed by atoms with van der Waals surface area (Å²) in [5.74, 6) is 0.191. The lowest BCUT2D eigenvalue weighted by Crippen LogP contribution is -2.42. The molecule has 0 aliphatic heterocycles. The van der Waals surface area contributed by atoms with Gasteiger partial charge in [0.15, 0.2) is 0 Å². The van der Waals surface area contributed by atoms with Crippen LogP contribution < -0.4 is 10.5 Å². The molecule has 0 aliphatic rings. The Morgan fingerprint density at radius 3 is 2.23 bits per heavy atom. The number of nitrogens with one attached hydrogen (secondary N) is 1. The van der Waals surface area contributed by atoms with Gasteiger partial charge >= 0.3 is 0 Å². The molecule has 0 aliphatic carbocycles. The van der Waals surface area contributed by atoms with Crippen LogP contribution in [0.15, 0.2) is 0 Å². The van der Waals surface area contributed by atoms with E-state index in [-0.39, 0.29) is 16.7 Å². The maximum absolute atomic E-state index is 11.3. The number of hydrogen-bond donors (Lipinski definition) is 2. The lowest BCUT2D eigenvalue weighted by Gasteiger charge is -2.13. The first-order valence-electron chi connectivity index (χ1n) is 4.04. The van der Waals surface area contributed by atoms with Crippen LogP contribution in [0, 0.1) is 5.92 Å². The Labute approximate surface area is 84.9 Å². The van der Waals surface area contributed by atoms with Gasteiger partial charge in [0, 0.05) is 0 Å². The summed E-state index contributed by atoms with van der Waals surface area (Å²) < 4.78 is 25.1. The van der Waals surface area contributed by atoms with Crippen molar-refractivity contribution < 1.29 is 8.42 Å². The van der Waals surface area contributed by atoms with Crippen LogP contribution in [0.4, 0.5) is 0 Å². The van der Waals surface area contributed by atoms with E-state index >= 15 is 0 Å². The molecule has 1 atom stereocenters. The number of thiocarbonyl (C=S) groups is 1. The van der Waals surface area contributed by atoms with Gasteiger partial charge < -0.3 is 5.73 Å². The molecule has 4 nitrogen and oxygen atoms in total. The van der Waals surface area contributed by atoms with E-state index in [1.165, 1.54) is 0 Å². The van der Waals surface area contributed by atoms with Crippen molar-refractivity contribution in [3.05, 3.63) is 0 Å². The van der Waals surface area contributed by atoms with Crippen molar-refractivity contribution in [3.63, 3.8) is 0 Å². The minimum absolute atomic E-state index is 0.0936. The Morgan fingerprint density at radius 2 is 1.92 bits per heavy atom. The molecule has 3 N–H and O–H groups in total. The smallest absolute Gasteiger partial charge is 0.212 e. The highest BCUT2D eigenvalue weighted by Crippen LogP contribution is 1.98. The Bertz CT molecular complexity index is 272. The van der Waals surface area contributed by atoms with Crippen molar-refractivity contribution in [3.8, 4) is 0 Å². The highest BCUT2D eigenvalue weighted by molar-refractivity contribution is 7.89. The van der Waals surface area contributed by atoms with E-state index < -0.39 is 16.1 Å². The summed E-state index contributed by atoms with van der Waals surface area (Å²) in [7, 11) is -3.24. The average molecular weight is 224 g/mol. The molecule has 0 radical (unpaired) electrons. The minimum atomic E-state index is -3.24. The van der Waals surface area contributed by atoms with Gasteiger partial charge in [0.2, 0.25) is 10.0 Å². The van der Waals surface area contributed by atoms with Crippen LogP contribution in [0.1, 0.15) is 20.8 Å². The molecule has 78 valence electrons. The van der Waals surface area contributed by atoms with Crippen molar-refractivity contribution in [2.45, 2.75) is 26.8 Å². The van der Waals surface area contributed by atoms with Crippen LogP contribution in [0.3, 0.4) is 0 Å². The van der Waals surface area contributed by atoms with Gasteiger partial charge in [0.25, 0.3) is 0 Å². The fraction of sp³-hybridized carbons (Fsp3) is 0.857. The highest BCUT2D eigenvalue weighted by atomic mass is 32.2. The summed E-state index contributed by atoms with van der Waals surface area (Å²) in [6.07, 6.45) is 0. The third-order valence-electron chi connectivity index (χ3n) is 1.34. The van der Waals surface area contributed by atoms with Crippen molar-refractivity contribution in [2.75, 3.05) is 5.75 Å². The third-order valence-corrected chi connectivity index (χ3v) is 3.51. The molecule has 0 aromatic carbocycles. The van der Waals surface area contributed by atoms with E-state index in [2.05, 4.69) is 16.9 Å². The summed E-state index contributed by atoms with van der Waals surface area (Å²) in [6, 6.07) is -0.473. The lowest BCUT2D eigenvalue weighted by molar-refractivity contribution is 0.565.